The standard InChI is InChI=1S/C20H23BrF3N3O2/c1-5-27(4)12-25-18-10-17(21)19(26-14(18)3)29-13(2)11-28-16-8-6-7-15(9-16)20(22,23)24/h6-10,12-13H,5,11H2,1-4H3. The van der Waals surface area contributed by atoms with Gasteiger partial charge in [0.1, 0.15) is 18.5 Å². The summed E-state index contributed by atoms with van der Waals surface area (Å²) in [6, 6.07) is 6.54. The molecule has 0 bridgehead atoms. The van der Waals surface area contributed by atoms with Gasteiger partial charge in [0.2, 0.25) is 5.88 Å². The molecular weight excluding hydrogens is 451 g/mol. The lowest BCUT2D eigenvalue weighted by atomic mass is 10.2. The van der Waals surface area contributed by atoms with Gasteiger partial charge in [-0.2, -0.15) is 13.2 Å². The van der Waals surface area contributed by atoms with Crippen molar-refractivity contribution in [2.24, 2.45) is 4.99 Å². The van der Waals surface area contributed by atoms with Gasteiger partial charge >= 0.3 is 6.18 Å². The van der Waals surface area contributed by atoms with Gasteiger partial charge in [0.25, 0.3) is 0 Å². The molecule has 1 atom stereocenters. The third-order valence-electron chi connectivity index (χ3n) is 3.96. The summed E-state index contributed by atoms with van der Waals surface area (Å²) in [4.78, 5) is 10.7. The van der Waals surface area contributed by atoms with Crippen molar-refractivity contribution < 1.29 is 22.6 Å². The van der Waals surface area contributed by atoms with Crippen LogP contribution in [0.3, 0.4) is 0 Å². The Morgan fingerprint density at radius 2 is 2.03 bits per heavy atom. The third-order valence-corrected chi connectivity index (χ3v) is 4.53. The molecule has 0 amide bonds. The molecule has 2 rings (SSSR count). The molecule has 0 saturated heterocycles. The Morgan fingerprint density at radius 1 is 1.31 bits per heavy atom. The summed E-state index contributed by atoms with van der Waals surface area (Å²) in [5.41, 5.74) is 0.640. The molecule has 0 aliphatic heterocycles. The van der Waals surface area contributed by atoms with Gasteiger partial charge in [-0.1, -0.05) is 6.07 Å². The highest BCUT2D eigenvalue weighted by Gasteiger charge is 2.30. The molecule has 9 heteroatoms. The molecule has 1 aromatic heterocycles. The second kappa shape index (κ2) is 9.96. The van der Waals surface area contributed by atoms with Crippen molar-refractivity contribution >= 4 is 28.0 Å². The number of pyridine rings is 1. The highest BCUT2D eigenvalue weighted by atomic mass is 79.9. The minimum atomic E-state index is -4.41. The molecule has 2 aromatic rings. The first-order chi connectivity index (χ1) is 13.6. The molecule has 1 aromatic carbocycles. The first kappa shape index (κ1) is 23.0. The number of benzene rings is 1. The highest BCUT2D eigenvalue weighted by Crippen LogP contribution is 2.32. The molecule has 0 radical (unpaired) electrons. The lowest BCUT2D eigenvalue weighted by Crippen LogP contribution is -2.22. The van der Waals surface area contributed by atoms with E-state index >= 15 is 0 Å². The number of alkyl halides is 3. The summed E-state index contributed by atoms with van der Waals surface area (Å²) in [6.45, 7) is 6.49. The quantitative estimate of drug-likeness (QED) is 0.368. The Bertz CT molecular complexity index is 859. The summed E-state index contributed by atoms with van der Waals surface area (Å²) in [5, 5.41) is 0. The fraction of sp³-hybridized carbons (Fsp3) is 0.400. The number of rotatable bonds is 8. The summed E-state index contributed by atoms with van der Waals surface area (Å²) in [5.74, 6) is 0.494. The topological polar surface area (TPSA) is 47.0 Å². The van der Waals surface area contributed by atoms with Crippen LogP contribution in [0.1, 0.15) is 25.1 Å². The summed E-state index contributed by atoms with van der Waals surface area (Å²) in [6.07, 6.45) is -3.12. The summed E-state index contributed by atoms with van der Waals surface area (Å²) in [7, 11) is 1.92. The van der Waals surface area contributed by atoms with Gasteiger partial charge in [0, 0.05) is 13.6 Å². The Kier molecular flexibility index (Phi) is 7.89. The number of ether oxygens (including phenoxy) is 2. The van der Waals surface area contributed by atoms with E-state index in [0.29, 0.717) is 21.7 Å². The summed E-state index contributed by atoms with van der Waals surface area (Å²) >= 11 is 3.42. The zero-order chi connectivity index (χ0) is 21.6. The Morgan fingerprint density at radius 3 is 2.69 bits per heavy atom. The first-order valence-electron chi connectivity index (χ1n) is 8.98. The number of nitrogens with zero attached hydrogens (tertiary/aromatic N) is 3. The van der Waals surface area contributed by atoms with Crippen LogP contribution < -0.4 is 9.47 Å². The molecule has 0 fully saturated rings. The van der Waals surface area contributed by atoms with Crippen LogP contribution in [0.4, 0.5) is 18.9 Å². The van der Waals surface area contributed by atoms with Gasteiger partial charge in [-0.15, -0.1) is 0 Å². The van der Waals surface area contributed by atoms with Gasteiger partial charge in [0.05, 0.1) is 27.8 Å². The van der Waals surface area contributed by atoms with Crippen LogP contribution in [0.2, 0.25) is 0 Å². The maximum absolute atomic E-state index is 12.8. The van der Waals surface area contributed by atoms with E-state index in [1.165, 1.54) is 12.1 Å². The van der Waals surface area contributed by atoms with Crippen molar-refractivity contribution in [2.45, 2.75) is 33.1 Å². The van der Waals surface area contributed by atoms with Crippen molar-refractivity contribution in [2.75, 3.05) is 20.2 Å². The number of aromatic nitrogens is 1. The average Bonchev–Trinajstić information content (AvgIpc) is 2.67. The normalized spacial score (nSPS) is 12.8. The lowest BCUT2D eigenvalue weighted by molar-refractivity contribution is -0.137. The van der Waals surface area contributed by atoms with Gasteiger partial charge in [0.15, 0.2) is 0 Å². The Hall–Kier alpha value is -2.29. The predicted octanol–water partition coefficient (Wildman–Crippen LogP) is 5.63. The molecule has 0 spiro atoms. The van der Waals surface area contributed by atoms with Gasteiger partial charge in [-0.3, -0.25) is 0 Å². The maximum atomic E-state index is 12.8. The number of aryl methyl sites for hydroxylation is 1. The summed E-state index contributed by atoms with van der Waals surface area (Å²) < 4.78 is 50.2. The van der Waals surface area contributed by atoms with Crippen molar-refractivity contribution in [1.29, 1.82) is 0 Å². The second-order valence-electron chi connectivity index (χ2n) is 6.46. The van der Waals surface area contributed by atoms with Crippen LogP contribution >= 0.6 is 15.9 Å². The van der Waals surface area contributed by atoms with E-state index in [4.69, 9.17) is 9.47 Å². The monoisotopic (exact) mass is 473 g/mol. The van der Waals surface area contributed by atoms with Crippen LogP contribution in [0.15, 0.2) is 39.8 Å². The molecule has 0 saturated carbocycles. The zero-order valence-corrected chi connectivity index (χ0v) is 18.2. The SMILES string of the molecule is CCN(C)C=Nc1cc(Br)c(OC(C)COc2cccc(C(F)(F)F)c2)nc1C. The van der Waals surface area contributed by atoms with Crippen molar-refractivity contribution in [3.05, 3.63) is 46.1 Å². The molecule has 1 heterocycles. The fourth-order valence-corrected chi connectivity index (χ4v) is 2.60. The van der Waals surface area contributed by atoms with E-state index in [-0.39, 0.29) is 12.4 Å². The molecular formula is C20H23BrF3N3O2. The first-order valence-corrected chi connectivity index (χ1v) is 9.77. The third kappa shape index (κ3) is 6.92. The van der Waals surface area contributed by atoms with E-state index in [2.05, 4.69) is 25.9 Å². The van der Waals surface area contributed by atoms with Crippen molar-refractivity contribution in [1.82, 2.24) is 9.88 Å². The molecule has 1 unspecified atom stereocenters. The van der Waals surface area contributed by atoms with Crippen LogP contribution in [-0.4, -0.2) is 42.5 Å². The molecule has 158 valence electrons. The van der Waals surface area contributed by atoms with Gasteiger partial charge in [-0.25, -0.2) is 9.98 Å². The van der Waals surface area contributed by atoms with E-state index in [9.17, 15) is 13.2 Å². The van der Waals surface area contributed by atoms with E-state index in [1.54, 1.807) is 19.3 Å². The van der Waals surface area contributed by atoms with Crippen LogP contribution in [0.25, 0.3) is 0 Å². The molecule has 0 aliphatic rings. The number of hydrogen-bond donors (Lipinski definition) is 0. The Labute approximate surface area is 176 Å². The number of halogens is 4. The fourth-order valence-electron chi connectivity index (χ4n) is 2.21. The number of hydrogen-bond acceptors (Lipinski definition) is 4. The van der Waals surface area contributed by atoms with Gasteiger partial charge in [-0.05, 0) is 61.0 Å². The molecule has 5 nitrogen and oxygen atoms in total. The van der Waals surface area contributed by atoms with Crippen LogP contribution in [-0.2, 0) is 6.18 Å². The Balaban J connectivity index is 2.01. The maximum Gasteiger partial charge on any atom is 0.416 e. The van der Waals surface area contributed by atoms with Gasteiger partial charge < -0.3 is 14.4 Å². The molecule has 0 aliphatic carbocycles. The minimum absolute atomic E-state index is 0.0652. The minimum Gasteiger partial charge on any atom is -0.490 e. The van der Waals surface area contributed by atoms with Crippen LogP contribution in [0, 0.1) is 6.92 Å². The van der Waals surface area contributed by atoms with Crippen molar-refractivity contribution in [3.63, 3.8) is 0 Å². The largest absolute Gasteiger partial charge is 0.490 e. The number of aliphatic imine (C=N–C) groups is 1. The van der Waals surface area contributed by atoms with E-state index < -0.39 is 17.8 Å². The van der Waals surface area contributed by atoms with Crippen LogP contribution in [0.5, 0.6) is 11.6 Å². The smallest absolute Gasteiger partial charge is 0.416 e. The molecule has 29 heavy (non-hydrogen) atoms. The lowest BCUT2D eigenvalue weighted by Gasteiger charge is -2.17. The highest BCUT2D eigenvalue weighted by molar-refractivity contribution is 9.10. The molecule has 0 N–H and O–H groups in total. The average molecular weight is 474 g/mol. The predicted molar refractivity (Wildman–Crippen MR) is 110 cm³/mol. The zero-order valence-electron chi connectivity index (χ0n) is 16.6. The van der Waals surface area contributed by atoms with E-state index in [1.807, 2.05) is 25.8 Å². The second-order valence-corrected chi connectivity index (χ2v) is 7.32. The van der Waals surface area contributed by atoms with Crippen molar-refractivity contribution in [3.8, 4) is 11.6 Å². The van der Waals surface area contributed by atoms with E-state index in [0.717, 1.165) is 18.7 Å².